The number of pyridine rings is 1. The zero-order chi connectivity index (χ0) is 44.3. The van der Waals surface area contributed by atoms with Gasteiger partial charge in [0.1, 0.15) is 5.69 Å². The van der Waals surface area contributed by atoms with E-state index in [4.69, 9.17) is 24.4 Å². The molecule has 1 heterocycles. The van der Waals surface area contributed by atoms with Gasteiger partial charge in [0, 0.05) is 43.7 Å². The smallest absolute Gasteiger partial charge is 0.360 e. The number of ketones is 1. The fraction of sp³-hybridized carbons (Fsp3) is 0.435. The first-order valence-electron chi connectivity index (χ1n) is 20.2. The molecule has 2 unspecified atom stereocenters. The maximum atomic E-state index is 14.2. The molecule has 0 spiro atoms. The highest BCUT2D eigenvalue weighted by molar-refractivity contribution is 6.09. The van der Waals surface area contributed by atoms with Gasteiger partial charge in [0.15, 0.2) is 11.5 Å². The maximum Gasteiger partial charge on any atom is 0.360 e. The van der Waals surface area contributed by atoms with Crippen molar-refractivity contribution in [3.63, 3.8) is 0 Å². The average Bonchev–Trinajstić information content (AvgIpc) is 4.06. The summed E-state index contributed by atoms with van der Waals surface area (Å²) < 4.78 is 21.2. The van der Waals surface area contributed by atoms with Crippen molar-refractivity contribution in [1.82, 2.24) is 10.3 Å². The summed E-state index contributed by atoms with van der Waals surface area (Å²) in [5.74, 6) is -4.18. The zero-order valence-corrected chi connectivity index (χ0v) is 35.3. The molecule has 4 atom stereocenters. The molecule has 14 nitrogen and oxygen atoms in total. The average molecular weight is 826 g/mol. The molecule has 1 aromatic heterocycles. The van der Waals surface area contributed by atoms with Crippen molar-refractivity contribution in [2.75, 3.05) is 6.54 Å². The Morgan fingerprint density at radius 3 is 2.13 bits per heavy atom. The molecule has 4 rings (SSSR count). The van der Waals surface area contributed by atoms with Gasteiger partial charge in [0.05, 0.1) is 24.9 Å². The van der Waals surface area contributed by atoms with Crippen LogP contribution >= 0.6 is 0 Å². The van der Waals surface area contributed by atoms with Crippen LogP contribution in [0.15, 0.2) is 55.1 Å². The molecule has 2 aromatic carbocycles. The van der Waals surface area contributed by atoms with Crippen molar-refractivity contribution >= 4 is 47.4 Å². The van der Waals surface area contributed by atoms with Crippen LogP contribution in [0.1, 0.15) is 128 Å². The van der Waals surface area contributed by atoms with Gasteiger partial charge in [-0.15, -0.1) is 0 Å². The molecule has 1 saturated carbocycles. The van der Waals surface area contributed by atoms with Crippen molar-refractivity contribution in [3.05, 3.63) is 94.3 Å². The van der Waals surface area contributed by atoms with Crippen molar-refractivity contribution in [2.45, 2.75) is 99.8 Å². The van der Waals surface area contributed by atoms with Crippen LogP contribution in [0, 0.1) is 29.1 Å². The van der Waals surface area contributed by atoms with E-state index in [1.54, 1.807) is 57.2 Å². The Kier molecular flexibility index (Phi) is 16.6. The summed E-state index contributed by atoms with van der Waals surface area (Å²) in [5, 5.41) is 21.6. The maximum absolute atomic E-state index is 14.2. The van der Waals surface area contributed by atoms with Gasteiger partial charge in [-0.1, -0.05) is 78.0 Å². The number of hydrogen-bond donors (Lipinski definition) is 3. The number of esters is 4. The molecule has 14 heteroatoms. The second kappa shape index (κ2) is 21.3. The number of ether oxygens (including phenoxy) is 4. The van der Waals surface area contributed by atoms with E-state index in [1.807, 2.05) is 13.8 Å². The highest BCUT2D eigenvalue weighted by Crippen LogP contribution is 2.33. The number of carbonyl (C=O) groups excluding carboxylic acids is 6. The Labute approximate surface area is 350 Å². The summed E-state index contributed by atoms with van der Waals surface area (Å²) in [5.41, 5.74) is 1.90. The van der Waals surface area contributed by atoms with Gasteiger partial charge in [-0.2, -0.15) is 0 Å². The van der Waals surface area contributed by atoms with E-state index in [2.05, 4.69) is 16.9 Å². The molecule has 1 aliphatic carbocycles. The third-order valence-electron chi connectivity index (χ3n) is 10.3. The second-order valence-corrected chi connectivity index (χ2v) is 15.4. The lowest BCUT2D eigenvalue weighted by atomic mass is 9.89. The van der Waals surface area contributed by atoms with Crippen molar-refractivity contribution in [2.24, 2.45) is 23.7 Å². The van der Waals surface area contributed by atoms with Crippen LogP contribution < -0.4 is 5.32 Å². The van der Waals surface area contributed by atoms with Crippen LogP contribution in [-0.2, 0) is 46.4 Å². The quantitative estimate of drug-likeness (QED) is 0.0428. The molecule has 3 aromatic rings. The molecule has 0 aliphatic heterocycles. The molecule has 3 N–H and O–H groups in total. The van der Waals surface area contributed by atoms with Crippen LogP contribution in [-0.4, -0.2) is 70.5 Å². The molecule has 0 bridgehead atoms. The van der Waals surface area contributed by atoms with Crippen LogP contribution in [0.4, 0.5) is 0 Å². The van der Waals surface area contributed by atoms with E-state index in [0.717, 1.165) is 19.3 Å². The van der Waals surface area contributed by atoms with Gasteiger partial charge in [-0.05, 0) is 76.8 Å². The molecule has 60 heavy (non-hydrogen) atoms. The standard InChI is InChI=1S/C46H55N3O11/c1-9-26(5)27(6)45(55)59-29(8)60-46(56)42-35(17-18-39(49-42)43(53)48-23-31-11-12-31)36-21-34(24-50)32(10-2)20-37(36)40(51)19-30-13-15-33(16-14-30)38(47)22-41(52)57-28(7)58-44(54)25(3)4/h10,13-18,20-21,25-29,31,47,50H,2,9,11-12,19,22-24H2,1,3-8H3,(H,48,53)/t26-,27-,28?,29?/m0/s1. The fourth-order valence-electron chi connectivity index (χ4n) is 6.04. The number of Topliss-reactive ketones (excluding diaryl/α,β-unsaturated/α-hetero) is 1. The Morgan fingerprint density at radius 1 is 0.883 bits per heavy atom. The van der Waals surface area contributed by atoms with Gasteiger partial charge < -0.3 is 34.8 Å². The number of aliphatic hydroxyl groups is 1. The number of nitrogens with one attached hydrogen (secondary N) is 2. The topological polar surface area (TPSA) is 208 Å². The minimum absolute atomic E-state index is 0.0239. The number of nitrogens with zero attached hydrogens (tertiary/aromatic N) is 1. The third-order valence-corrected chi connectivity index (χ3v) is 10.3. The van der Waals surface area contributed by atoms with E-state index < -0.39 is 60.8 Å². The van der Waals surface area contributed by atoms with Gasteiger partial charge in [-0.3, -0.25) is 24.0 Å². The number of rotatable bonds is 21. The van der Waals surface area contributed by atoms with E-state index in [1.165, 1.54) is 32.1 Å². The first kappa shape index (κ1) is 46.7. The van der Waals surface area contributed by atoms with Crippen LogP contribution in [0.2, 0.25) is 0 Å². The van der Waals surface area contributed by atoms with Gasteiger partial charge >= 0.3 is 23.9 Å². The Balaban J connectivity index is 1.64. The number of amides is 1. The molecule has 0 saturated heterocycles. The summed E-state index contributed by atoms with van der Waals surface area (Å²) in [6.07, 6.45) is 1.29. The predicted octanol–water partition coefficient (Wildman–Crippen LogP) is 7.02. The number of aliphatic hydroxyl groups excluding tert-OH is 1. The van der Waals surface area contributed by atoms with Crippen molar-refractivity contribution in [1.29, 1.82) is 5.41 Å². The highest BCUT2D eigenvalue weighted by Gasteiger charge is 2.29. The predicted molar refractivity (Wildman–Crippen MR) is 223 cm³/mol. The Hall–Kier alpha value is -6.02. The van der Waals surface area contributed by atoms with Crippen molar-refractivity contribution in [3.8, 4) is 11.1 Å². The molecular weight excluding hydrogens is 771 g/mol. The lowest BCUT2D eigenvalue weighted by molar-refractivity contribution is -0.186. The van der Waals surface area contributed by atoms with Gasteiger partial charge in [-0.25, -0.2) is 9.78 Å². The summed E-state index contributed by atoms with van der Waals surface area (Å²) in [4.78, 5) is 82.8. The molecule has 1 amide bonds. The fourth-order valence-corrected chi connectivity index (χ4v) is 6.04. The normalized spacial score (nSPS) is 14.2. The molecule has 1 aliphatic rings. The van der Waals surface area contributed by atoms with Crippen LogP contribution in [0.25, 0.3) is 17.2 Å². The minimum Gasteiger partial charge on any atom is -0.425 e. The lowest BCUT2D eigenvalue weighted by Gasteiger charge is -2.21. The van der Waals surface area contributed by atoms with Crippen LogP contribution in [0.3, 0.4) is 0 Å². The summed E-state index contributed by atoms with van der Waals surface area (Å²) in [6, 6.07) is 12.5. The zero-order valence-electron chi connectivity index (χ0n) is 35.3. The number of aromatic nitrogens is 1. The first-order chi connectivity index (χ1) is 28.4. The molecule has 0 radical (unpaired) electrons. The summed E-state index contributed by atoms with van der Waals surface area (Å²) in [7, 11) is 0. The molecular formula is C46H55N3O11. The summed E-state index contributed by atoms with van der Waals surface area (Å²) in [6.45, 7) is 15.6. The Bertz CT molecular complexity index is 2110. The highest BCUT2D eigenvalue weighted by atomic mass is 16.7. The monoisotopic (exact) mass is 825 g/mol. The van der Waals surface area contributed by atoms with E-state index >= 15 is 0 Å². The van der Waals surface area contributed by atoms with Crippen LogP contribution in [0.5, 0.6) is 0 Å². The van der Waals surface area contributed by atoms with E-state index in [-0.39, 0.29) is 58.3 Å². The van der Waals surface area contributed by atoms with Gasteiger partial charge in [0.2, 0.25) is 12.6 Å². The molecule has 320 valence electrons. The second-order valence-electron chi connectivity index (χ2n) is 15.4. The Morgan fingerprint density at radius 2 is 1.53 bits per heavy atom. The van der Waals surface area contributed by atoms with E-state index in [0.29, 0.717) is 34.7 Å². The summed E-state index contributed by atoms with van der Waals surface area (Å²) >= 11 is 0. The minimum atomic E-state index is -1.32. The van der Waals surface area contributed by atoms with Crippen molar-refractivity contribution < 1.29 is 52.8 Å². The van der Waals surface area contributed by atoms with Gasteiger partial charge in [0.25, 0.3) is 5.91 Å². The molecule has 1 fully saturated rings. The number of benzene rings is 2. The SMILES string of the molecule is C=Cc1cc(C(=O)Cc2ccc(C(=N)CC(=O)OC(C)OC(=O)C(C)C)cc2)c(-c2ccc(C(=O)NCC3CC3)nc2C(=O)OC(C)OC(=O)[C@@H](C)[C@@H](C)CC)cc1CO. The van der Waals surface area contributed by atoms with E-state index in [9.17, 15) is 33.9 Å². The lowest BCUT2D eigenvalue weighted by Crippen LogP contribution is -2.29. The number of carbonyl (C=O) groups is 6. The number of hydrogen-bond acceptors (Lipinski definition) is 13. The third kappa shape index (κ3) is 12.7. The first-order valence-corrected chi connectivity index (χ1v) is 20.2. The largest absolute Gasteiger partial charge is 0.425 e.